The van der Waals surface area contributed by atoms with Crippen LogP contribution < -0.4 is 16.4 Å². The van der Waals surface area contributed by atoms with Crippen LogP contribution in [-0.2, 0) is 4.79 Å². The van der Waals surface area contributed by atoms with Gasteiger partial charge in [-0.25, -0.2) is 9.59 Å². The van der Waals surface area contributed by atoms with E-state index in [1.807, 2.05) is 0 Å². The minimum atomic E-state index is -1.18. The maximum absolute atomic E-state index is 11.8. The van der Waals surface area contributed by atoms with Gasteiger partial charge in [0.2, 0.25) is 5.91 Å². The highest BCUT2D eigenvalue weighted by atomic mass is 16.4. The molecule has 0 bridgehead atoms. The van der Waals surface area contributed by atoms with E-state index >= 15 is 0 Å². The van der Waals surface area contributed by atoms with Crippen LogP contribution in [0.25, 0.3) is 0 Å². The Balaban J connectivity index is 2.03. The van der Waals surface area contributed by atoms with Gasteiger partial charge in [0.1, 0.15) is 5.54 Å². The number of rotatable bonds is 4. The second-order valence-corrected chi connectivity index (χ2v) is 4.76. The highest BCUT2D eigenvalue weighted by Gasteiger charge is 2.45. The number of hydrogen-bond acceptors (Lipinski definition) is 3. The fourth-order valence-corrected chi connectivity index (χ4v) is 2.05. The van der Waals surface area contributed by atoms with E-state index in [-0.39, 0.29) is 5.56 Å². The number of aliphatic carboxylic acids is 1. The van der Waals surface area contributed by atoms with E-state index < -0.39 is 23.4 Å². The van der Waals surface area contributed by atoms with Crippen molar-refractivity contribution in [2.75, 3.05) is 5.32 Å². The molecule has 1 aromatic carbocycles. The molecule has 106 valence electrons. The third-order valence-electron chi connectivity index (χ3n) is 3.37. The van der Waals surface area contributed by atoms with Crippen LogP contribution >= 0.6 is 0 Å². The SMILES string of the molecule is NC(=O)c1cccc(NC(=O)NC2(C(=O)O)CCC2)c1. The molecule has 1 aliphatic rings. The average molecular weight is 277 g/mol. The van der Waals surface area contributed by atoms with Crippen molar-refractivity contribution in [2.24, 2.45) is 5.73 Å². The van der Waals surface area contributed by atoms with Gasteiger partial charge in [0.25, 0.3) is 0 Å². The standard InChI is InChI=1S/C13H15N3O4/c14-10(17)8-3-1-4-9(7-8)15-12(20)16-13(11(18)19)5-2-6-13/h1,3-4,7H,2,5-6H2,(H2,14,17)(H,18,19)(H2,15,16,20). The van der Waals surface area contributed by atoms with Crippen molar-refractivity contribution in [3.8, 4) is 0 Å². The maximum Gasteiger partial charge on any atom is 0.329 e. The van der Waals surface area contributed by atoms with E-state index in [0.717, 1.165) is 6.42 Å². The van der Waals surface area contributed by atoms with Crippen LogP contribution in [-0.4, -0.2) is 28.6 Å². The molecule has 1 fully saturated rings. The minimum absolute atomic E-state index is 0.263. The quantitative estimate of drug-likeness (QED) is 0.653. The first-order chi connectivity index (χ1) is 9.43. The first-order valence-electron chi connectivity index (χ1n) is 6.15. The van der Waals surface area contributed by atoms with Gasteiger partial charge in [0.05, 0.1) is 0 Å². The molecule has 0 spiro atoms. The summed E-state index contributed by atoms with van der Waals surface area (Å²) in [6.45, 7) is 0. The van der Waals surface area contributed by atoms with Crippen molar-refractivity contribution in [1.29, 1.82) is 0 Å². The molecule has 7 heteroatoms. The molecule has 7 nitrogen and oxygen atoms in total. The molecule has 0 atom stereocenters. The highest BCUT2D eigenvalue weighted by Crippen LogP contribution is 2.32. The number of urea groups is 1. The molecule has 20 heavy (non-hydrogen) atoms. The number of nitrogens with one attached hydrogen (secondary N) is 2. The second kappa shape index (κ2) is 5.20. The first kappa shape index (κ1) is 13.9. The fraction of sp³-hybridized carbons (Fsp3) is 0.308. The van der Waals surface area contributed by atoms with Crippen molar-refractivity contribution in [3.05, 3.63) is 29.8 Å². The summed E-state index contributed by atoms with van der Waals surface area (Å²) in [6.07, 6.45) is 1.60. The summed E-state index contributed by atoms with van der Waals surface area (Å²) in [4.78, 5) is 34.0. The molecule has 0 aliphatic heterocycles. The highest BCUT2D eigenvalue weighted by molar-refractivity contribution is 5.97. The predicted molar refractivity (Wildman–Crippen MR) is 71.3 cm³/mol. The first-order valence-corrected chi connectivity index (χ1v) is 6.15. The number of nitrogens with two attached hydrogens (primary N) is 1. The summed E-state index contributed by atoms with van der Waals surface area (Å²) in [5.41, 5.74) is 4.60. The number of carbonyl (C=O) groups is 3. The van der Waals surface area contributed by atoms with Gasteiger partial charge in [0, 0.05) is 11.3 Å². The van der Waals surface area contributed by atoms with Crippen LogP contribution in [0.2, 0.25) is 0 Å². The lowest BCUT2D eigenvalue weighted by Gasteiger charge is -2.38. The van der Waals surface area contributed by atoms with Crippen LogP contribution in [0.3, 0.4) is 0 Å². The van der Waals surface area contributed by atoms with Crippen molar-refractivity contribution >= 4 is 23.6 Å². The van der Waals surface area contributed by atoms with E-state index in [1.54, 1.807) is 12.1 Å². The van der Waals surface area contributed by atoms with Gasteiger partial charge in [-0.3, -0.25) is 4.79 Å². The largest absolute Gasteiger partial charge is 0.480 e. The second-order valence-electron chi connectivity index (χ2n) is 4.76. The van der Waals surface area contributed by atoms with Gasteiger partial charge in [0.15, 0.2) is 0 Å². The number of hydrogen-bond donors (Lipinski definition) is 4. The molecule has 0 saturated heterocycles. The number of anilines is 1. The Morgan fingerprint density at radius 1 is 1.25 bits per heavy atom. The van der Waals surface area contributed by atoms with Crippen molar-refractivity contribution in [2.45, 2.75) is 24.8 Å². The normalized spacial score (nSPS) is 15.8. The van der Waals surface area contributed by atoms with Crippen molar-refractivity contribution in [1.82, 2.24) is 5.32 Å². The smallest absolute Gasteiger partial charge is 0.329 e. The lowest BCUT2D eigenvalue weighted by molar-refractivity contribution is -0.148. The zero-order chi connectivity index (χ0) is 14.8. The van der Waals surface area contributed by atoms with Crippen LogP contribution in [0.4, 0.5) is 10.5 Å². The lowest BCUT2D eigenvalue weighted by atomic mass is 9.77. The minimum Gasteiger partial charge on any atom is -0.480 e. The Bertz CT molecular complexity index is 566. The van der Waals surface area contributed by atoms with E-state index in [1.165, 1.54) is 12.1 Å². The Kier molecular flexibility index (Phi) is 3.60. The number of carboxylic acid groups (broad SMARTS) is 1. The number of primary amides is 1. The molecule has 1 aromatic rings. The number of carboxylic acids is 1. The van der Waals surface area contributed by atoms with Gasteiger partial charge in [-0.15, -0.1) is 0 Å². The molecule has 1 aliphatic carbocycles. The lowest BCUT2D eigenvalue weighted by Crippen LogP contribution is -2.60. The Hall–Kier alpha value is -2.57. The summed E-state index contributed by atoms with van der Waals surface area (Å²) < 4.78 is 0. The molecular weight excluding hydrogens is 262 g/mol. The molecule has 0 unspecified atom stereocenters. The van der Waals surface area contributed by atoms with E-state index in [2.05, 4.69) is 10.6 Å². The summed E-state index contributed by atoms with van der Waals surface area (Å²) in [5.74, 6) is -1.64. The topological polar surface area (TPSA) is 122 Å². The van der Waals surface area contributed by atoms with E-state index in [9.17, 15) is 14.4 Å². The average Bonchev–Trinajstić information content (AvgIpc) is 2.33. The summed E-state index contributed by atoms with van der Waals surface area (Å²) in [7, 11) is 0. The van der Waals surface area contributed by atoms with Gasteiger partial charge in [-0.05, 0) is 37.5 Å². The van der Waals surface area contributed by atoms with E-state index in [0.29, 0.717) is 18.5 Å². The van der Waals surface area contributed by atoms with E-state index in [4.69, 9.17) is 10.8 Å². The molecule has 3 amide bonds. The zero-order valence-electron chi connectivity index (χ0n) is 10.7. The molecule has 5 N–H and O–H groups in total. The zero-order valence-corrected chi connectivity index (χ0v) is 10.7. The Morgan fingerprint density at radius 3 is 2.45 bits per heavy atom. The van der Waals surface area contributed by atoms with Gasteiger partial charge in [-0.2, -0.15) is 0 Å². The number of benzene rings is 1. The monoisotopic (exact) mass is 277 g/mol. The fourth-order valence-electron chi connectivity index (χ4n) is 2.05. The third-order valence-corrected chi connectivity index (χ3v) is 3.37. The summed E-state index contributed by atoms with van der Waals surface area (Å²) in [6, 6.07) is 5.49. The molecule has 1 saturated carbocycles. The molecule has 0 aromatic heterocycles. The van der Waals surface area contributed by atoms with Gasteiger partial charge >= 0.3 is 12.0 Å². The number of carbonyl (C=O) groups excluding carboxylic acids is 2. The number of amides is 3. The van der Waals surface area contributed by atoms with Gasteiger partial charge in [-0.1, -0.05) is 6.07 Å². The molecular formula is C13H15N3O4. The van der Waals surface area contributed by atoms with Crippen molar-refractivity contribution < 1.29 is 19.5 Å². The summed E-state index contributed by atoms with van der Waals surface area (Å²) in [5, 5.41) is 14.1. The van der Waals surface area contributed by atoms with Crippen LogP contribution in [0.5, 0.6) is 0 Å². The molecule has 0 heterocycles. The molecule has 2 rings (SSSR count). The van der Waals surface area contributed by atoms with Gasteiger partial charge < -0.3 is 21.5 Å². The molecule has 0 radical (unpaired) electrons. The maximum atomic E-state index is 11.8. The summed E-state index contributed by atoms with van der Waals surface area (Å²) >= 11 is 0. The Labute approximate surface area is 115 Å². The Morgan fingerprint density at radius 2 is 1.95 bits per heavy atom. The van der Waals surface area contributed by atoms with Crippen LogP contribution in [0.1, 0.15) is 29.6 Å². The van der Waals surface area contributed by atoms with Crippen LogP contribution in [0.15, 0.2) is 24.3 Å². The van der Waals surface area contributed by atoms with Crippen LogP contribution in [0, 0.1) is 0 Å². The van der Waals surface area contributed by atoms with Crippen molar-refractivity contribution in [3.63, 3.8) is 0 Å². The third kappa shape index (κ3) is 2.71. The predicted octanol–water partition coefficient (Wildman–Crippen LogP) is 0.914.